The Labute approximate surface area is 242 Å². The molecule has 1 atom stereocenters. The van der Waals surface area contributed by atoms with E-state index in [9.17, 15) is 9.59 Å². The van der Waals surface area contributed by atoms with Crippen molar-refractivity contribution in [1.82, 2.24) is 4.57 Å². The van der Waals surface area contributed by atoms with E-state index < -0.39 is 12.0 Å². The van der Waals surface area contributed by atoms with Crippen molar-refractivity contribution in [2.45, 2.75) is 26.5 Å². The summed E-state index contributed by atoms with van der Waals surface area (Å²) in [6, 6.07) is 24.2. The quantitative estimate of drug-likeness (QED) is 0.201. The first-order chi connectivity index (χ1) is 20.0. The second-order valence-corrected chi connectivity index (χ2v) is 10.3. The molecule has 0 saturated carbocycles. The van der Waals surface area contributed by atoms with Crippen molar-refractivity contribution in [3.8, 4) is 11.5 Å². The van der Waals surface area contributed by atoms with Crippen LogP contribution in [0.1, 0.15) is 36.6 Å². The highest BCUT2D eigenvalue weighted by atomic mass is 32.1. The normalized spacial score (nSPS) is 14.7. The zero-order valence-corrected chi connectivity index (χ0v) is 23.7. The largest absolute Gasteiger partial charge is 0.490 e. The fourth-order valence-corrected chi connectivity index (χ4v) is 5.61. The average molecular weight is 567 g/mol. The van der Waals surface area contributed by atoms with Crippen molar-refractivity contribution < 1.29 is 19.0 Å². The Morgan fingerprint density at radius 2 is 1.68 bits per heavy atom. The van der Waals surface area contributed by atoms with Crippen LogP contribution in [0.15, 0.2) is 113 Å². The van der Waals surface area contributed by atoms with Gasteiger partial charge in [0.05, 0.1) is 28.5 Å². The molecular weight excluding hydrogens is 536 g/mol. The van der Waals surface area contributed by atoms with E-state index in [1.165, 1.54) is 11.3 Å². The Morgan fingerprint density at radius 3 is 2.37 bits per heavy atom. The molecule has 0 spiro atoms. The van der Waals surface area contributed by atoms with Gasteiger partial charge in [0.1, 0.15) is 24.7 Å². The van der Waals surface area contributed by atoms with Gasteiger partial charge in [0.25, 0.3) is 5.56 Å². The van der Waals surface area contributed by atoms with E-state index in [2.05, 4.69) is 11.6 Å². The van der Waals surface area contributed by atoms with Gasteiger partial charge in [-0.1, -0.05) is 78.6 Å². The Bertz CT molecular complexity index is 1750. The minimum absolute atomic E-state index is 0.214. The van der Waals surface area contributed by atoms with Crippen molar-refractivity contribution in [1.29, 1.82) is 0 Å². The molecule has 0 unspecified atom stereocenters. The van der Waals surface area contributed by atoms with E-state index in [4.69, 9.17) is 14.2 Å². The van der Waals surface area contributed by atoms with Crippen molar-refractivity contribution in [2.75, 3.05) is 13.2 Å². The second-order valence-electron chi connectivity index (χ2n) is 9.31. The van der Waals surface area contributed by atoms with Crippen LogP contribution in [0.5, 0.6) is 11.5 Å². The Hall–Kier alpha value is -4.69. The molecule has 0 saturated heterocycles. The summed E-state index contributed by atoms with van der Waals surface area (Å²) in [6.45, 7) is 8.26. The van der Waals surface area contributed by atoms with E-state index in [1.807, 2.05) is 84.9 Å². The smallest absolute Gasteiger partial charge is 0.338 e. The highest BCUT2D eigenvalue weighted by Gasteiger charge is 2.33. The third kappa shape index (κ3) is 6.23. The minimum atomic E-state index is -0.685. The van der Waals surface area contributed by atoms with Gasteiger partial charge in [-0.05, 0) is 60.9 Å². The SMILES string of the molecule is C=CCOc1ccc([C@H]2C(C(=O)OCC)=C(C)N=c3s/c(=C\c4ccc(OCc5ccccc5)cc4)c(=O)n32)cc1. The molecule has 7 nitrogen and oxygen atoms in total. The van der Waals surface area contributed by atoms with Gasteiger partial charge in [0.15, 0.2) is 4.80 Å². The maximum absolute atomic E-state index is 13.8. The van der Waals surface area contributed by atoms with Crippen LogP contribution in [0.4, 0.5) is 0 Å². The fourth-order valence-electron chi connectivity index (χ4n) is 4.56. The topological polar surface area (TPSA) is 79.1 Å². The summed E-state index contributed by atoms with van der Waals surface area (Å²) >= 11 is 1.29. The van der Waals surface area contributed by atoms with Crippen LogP contribution >= 0.6 is 11.3 Å². The molecule has 3 aromatic carbocycles. The number of carbonyl (C=O) groups is 1. The predicted molar refractivity (Wildman–Crippen MR) is 160 cm³/mol. The van der Waals surface area contributed by atoms with Gasteiger partial charge < -0.3 is 14.2 Å². The van der Waals surface area contributed by atoms with Gasteiger partial charge in [-0.3, -0.25) is 9.36 Å². The number of nitrogens with zero attached hydrogens (tertiary/aromatic N) is 2. The third-order valence-electron chi connectivity index (χ3n) is 6.51. The number of esters is 1. The number of fused-ring (bicyclic) bond motifs is 1. The average Bonchev–Trinajstić information content (AvgIpc) is 3.29. The zero-order valence-electron chi connectivity index (χ0n) is 22.9. The molecular formula is C33H30N2O5S. The maximum atomic E-state index is 13.8. The molecule has 4 aromatic rings. The molecule has 0 amide bonds. The first-order valence-corrected chi connectivity index (χ1v) is 14.1. The lowest BCUT2D eigenvalue weighted by molar-refractivity contribution is -0.139. The number of carbonyl (C=O) groups excluding carboxylic acids is 1. The summed E-state index contributed by atoms with van der Waals surface area (Å²) in [5, 5.41) is 0. The maximum Gasteiger partial charge on any atom is 0.338 e. The molecule has 0 aliphatic carbocycles. The van der Waals surface area contributed by atoms with E-state index >= 15 is 0 Å². The summed E-state index contributed by atoms with van der Waals surface area (Å²) in [7, 11) is 0. The van der Waals surface area contributed by atoms with Crippen LogP contribution in [0.3, 0.4) is 0 Å². The molecule has 8 heteroatoms. The monoisotopic (exact) mass is 566 g/mol. The minimum Gasteiger partial charge on any atom is -0.490 e. The lowest BCUT2D eigenvalue weighted by Crippen LogP contribution is -2.39. The van der Waals surface area contributed by atoms with Crippen molar-refractivity contribution in [3.63, 3.8) is 0 Å². The predicted octanol–water partition coefficient (Wildman–Crippen LogP) is 4.94. The summed E-state index contributed by atoms with van der Waals surface area (Å²) in [4.78, 5) is 32.1. The lowest BCUT2D eigenvalue weighted by Gasteiger charge is -2.24. The number of ether oxygens (including phenoxy) is 3. The first-order valence-electron chi connectivity index (χ1n) is 13.3. The molecule has 1 aliphatic rings. The Kier molecular flexibility index (Phi) is 8.60. The van der Waals surface area contributed by atoms with Crippen molar-refractivity contribution in [2.24, 2.45) is 4.99 Å². The summed E-state index contributed by atoms with van der Waals surface area (Å²) < 4.78 is 19.0. The number of benzene rings is 3. The molecule has 5 rings (SSSR count). The molecule has 1 aliphatic heterocycles. The number of aromatic nitrogens is 1. The van der Waals surface area contributed by atoms with E-state index in [0.717, 1.165) is 22.4 Å². The molecule has 2 heterocycles. The summed E-state index contributed by atoms with van der Waals surface area (Å²) in [6.07, 6.45) is 3.50. The molecule has 41 heavy (non-hydrogen) atoms. The standard InChI is InChI=1S/C33H30N2O5S/c1-4-19-39-26-17-13-25(14-18-26)30-29(32(37)38-5-2)22(3)34-33-35(30)31(36)28(41-33)20-23-11-15-27(16-12-23)40-21-24-9-7-6-8-10-24/h4,6-18,20,30H,1,5,19,21H2,2-3H3/b28-20-/t30-/m0/s1. The van der Waals surface area contributed by atoms with Gasteiger partial charge in [0.2, 0.25) is 0 Å². The number of hydrogen-bond acceptors (Lipinski definition) is 7. The van der Waals surface area contributed by atoms with E-state index in [1.54, 1.807) is 24.5 Å². The van der Waals surface area contributed by atoms with Gasteiger partial charge >= 0.3 is 5.97 Å². The van der Waals surface area contributed by atoms with Gasteiger partial charge in [-0.25, -0.2) is 9.79 Å². The van der Waals surface area contributed by atoms with Gasteiger partial charge in [-0.2, -0.15) is 0 Å². The molecule has 0 fully saturated rings. The highest BCUT2D eigenvalue weighted by Crippen LogP contribution is 2.31. The van der Waals surface area contributed by atoms with Crippen LogP contribution in [0.2, 0.25) is 0 Å². The Morgan fingerprint density at radius 1 is 1.00 bits per heavy atom. The van der Waals surface area contributed by atoms with Crippen LogP contribution < -0.4 is 24.4 Å². The number of rotatable bonds is 10. The number of hydrogen-bond donors (Lipinski definition) is 0. The molecule has 0 bridgehead atoms. The van der Waals surface area contributed by atoms with Crippen LogP contribution in [-0.2, 0) is 16.1 Å². The van der Waals surface area contributed by atoms with Crippen LogP contribution in [0.25, 0.3) is 6.08 Å². The summed E-state index contributed by atoms with van der Waals surface area (Å²) in [5.74, 6) is 0.907. The Balaban J connectivity index is 1.49. The molecule has 208 valence electrons. The van der Waals surface area contributed by atoms with E-state index in [-0.39, 0.29) is 12.2 Å². The fraction of sp³-hybridized carbons (Fsp3) is 0.182. The lowest BCUT2D eigenvalue weighted by atomic mass is 9.96. The first kappa shape index (κ1) is 27.9. The van der Waals surface area contributed by atoms with Gasteiger partial charge in [0, 0.05) is 0 Å². The van der Waals surface area contributed by atoms with Crippen LogP contribution in [0, 0.1) is 0 Å². The third-order valence-corrected chi connectivity index (χ3v) is 7.49. The van der Waals surface area contributed by atoms with Crippen LogP contribution in [-0.4, -0.2) is 23.8 Å². The molecule has 0 N–H and O–H groups in total. The van der Waals surface area contributed by atoms with E-state index in [0.29, 0.717) is 39.6 Å². The summed E-state index contributed by atoms with van der Waals surface area (Å²) in [5.41, 5.74) is 3.32. The van der Waals surface area contributed by atoms with Crippen molar-refractivity contribution >= 4 is 23.4 Å². The van der Waals surface area contributed by atoms with Gasteiger partial charge in [-0.15, -0.1) is 0 Å². The molecule has 0 radical (unpaired) electrons. The second kappa shape index (κ2) is 12.7. The highest BCUT2D eigenvalue weighted by molar-refractivity contribution is 7.07. The zero-order chi connectivity index (χ0) is 28.8. The number of allylic oxidation sites excluding steroid dienone is 1. The van der Waals surface area contributed by atoms with Crippen molar-refractivity contribution in [3.05, 3.63) is 139 Å². The molecule has 1 aromatic heterocycles. The number of thiazole rings is 1.